The maximum Gasteiger partial charge on any atom is 0.198 e. The van der Waals surface area contributed by atoms with Gasteiger partial charge in [0.15, 0.2) is 11.8 Å². The summed E-state index contributed by atoms with van der Waals surface area (Å²) in [7, 11) is 0. The van der Waals surface area contributed by atoms with Crippen LogP contribution >= 0.6 is 0 Å². The van der Waals surface area contributed by atoms with Gasteiger partial charge in [-0.05, 0) is 18.4 Å². The third-order valence-electron chi connectivity index (χ3n) is 4.91. The van der Waals surface area contributed by atoms with E-state index in [1.54, 1.807) is 0 Å². The van der Waals surface area contributed by atoms with Gasteiger partial charge >= 0.3 is 0 Å². The molecule has 0 saturated carbocycles. The molecule has 24 heavy (non-hydrogen) atoms. The van der Waals surface area contributed by atoms with Gasteiger partial charge in [0.2, 0.25) is 0 Å². The third kappa shape index (κ3) is 2.80. The first-order valence-electron chi connectivity index (χ1n) is 8.88. The zero-order chi connectivity index (χ0) is 17.9. The second kappa shape index (κ2) is 7.75. The molecule has 0 radical (unpaired) electrons. The van der Waals surface area contributed by atoms with Crippen LogP contribution < -0.4 is 5.73 Å². The van der Waals surface area contributed by atoms with Crippen molar-refractivity contribution in [2.45, 2.75) is 57.9 Å². The minimum atomic E-state index is -0.0824. The fourth-order valence-electron chi connectivity index (χ4n) is 4.04. The van der Waals surface area contributed by atoms with Gasteiger partial charge in [-0.3, -0.25) is 4.57 Å². The Morgan fingerprint density at radius 1 is 1.04 bits per heavy atom. The van der Waals surface area contributed by atoms with Crippen molar-refractivity contribution in [2.75, 3.05) is 6.54 Å². The van der Waals surface area contributed by atoms with Gasteiger partial charge in [0, 0.05) is 36.1 Å². The van der Waals surface area contributed by atoms with E-state index in [0.29, 0.717) is 13.1 Å². The summed E-state index contributed by atoms with van der Waals surface area (Å²) in [5.74, 6) is 0.0427. The van der Waals surface area contributed by atoms with Gasteiger partial charge in [-0.25, -0.2) is 0 Å². The molecule has 1 heterocycles. The lowest BCUT2D eigenvalue weighted by atomic mass is 9.85. The molecule has 132 valence electrons. The van der Waals surface area contributed by atoms with Crippen molar-refractivity contribution in [3.8, 4) is 11.8 Å². The molecule has 1 aromatic heterocycles. The number of aromatic nitrogens is 1. The van der Waals surface area contributed by atoms with Crippen molar-refractivity contribution in [2.24, 2.45) is 5.73 Å². The Balaban J connectivity index is 2.70. The maximum atomic E-state index is 10.7. The number of allylic oxidation sites excluding steroid dienone is 4. The Bertz CT molecular complexity index is 606. The van der Waals surface area contributed by atoms with E-state index in [9.17, 15) is 10.2 Å². The average molecular weight is 330 g/mol. The monoisotopic (exact) mass is 330 g/mol. The molecule has 0 saturated heterocycles. The smallest absolute Gasteiger partial charge is 0.198 e. The summed E-state index contributed by atoms with van der Waals surface area (Å²) >= 11 is 0. The lowest BCUT2D eigenvalue weighted by Gasteiger charge is -2.21. The van der Waals surface area contributed by atoms with Gasteiger partial charge in [-0.2, -0.15) is 0 Å². The van der Waals surface area contributed by atoms with Crippen LogP contribution in [0.3, 0.4) is 0 Å². The van der Waals surface area contributed by atoms with Crippen LogP contribution in [-0.2, 0) is 6.54 Å². The van der Waals surface area contributed by atoms with Crippen molar-refractivity contribution in [3.63, 3.8) is 0 Å². The number of fused-ring (bicyclic) bond motifs is 1. The van der Waals surface area contributed by atoms with Crippen LogP contribution in [0.5, 0.6) is 11.8 Å². The first kappa shape index (κ1) is 18.4. The van der Waals surface area contributed by atoms with Crippen LogP contribution in [-0.4, -0.2) is 21.3 Å². The summed E-state index contributed by atoms with van der Waals surface area (Å²) in [6, 6.07) is 0. The SMILES string of the molecule is C=CC1C(=C(CCC)CCC)C(C=C)c2c1c(O)n(CCN)c2O. The van der Waals surface area contributed by atoms with E-state index in [-0.39, 0.29) is 23.6 Å². The number of rotatable bonds is 8. The van der Waals surface area contributed by atoms with Crippen molar-refractivity contribution >= 4 is 0 Å². The number of aromatic hydroxyl groups is 2. The fourth-order valence-corrected chi connectivity index (χ4v) is 4.04. The number of hydrogen-bond acceptors (Lipinski definition) is 3. The van der Waals surface area contributed by atoms with E-state index in [2.05, 4.69) is 27.0 Å². The van der Waals surface area contributed by atoms with Crippen LogP contribution in [0.2, 0.25) is 0 Å². The van der Waals surface area contributed by atoms with E-state index in [4.69, 9.17) is 5.73 Å². The minimum Gasteiger partial charge on any atom is -0.494 e. The molecule has 0 fully saturated rings. The quantitative estimate of drug-likeness (QED) is 0.622. The Morgan fingerprint density at radius 2 is 1.50 bits per heavy atom. The summed E-state index contributed by atoms with van der Waals surface area (Å²) in [5.41, 5.74) is 9.78. The molecule has 1 aliphatic rings. The summed E-state index contributed by atoms with van der Waals surface area (Å²) in [5, 5.41) is 21.4. The maximum absolute atomic E-state index is 10.7. The van der Waals surface area contributed by atoms with Crippen LogP contribution in [0.25, 0.3) is 0 Å². The Labute approximate surface area is 145 Å². The van der Waals surface area contributed by atoms with Crippen molar-refractivity contribution < 1.29 is 10.2 Å². The molecule has 4 N–H and O–H groups in total. The van der Waals surface area contributed by atoms with Crippen LogP contribution in [0.15, 0.2) is 36.5 Å². The van der Waals surface area contributed by atoms with Crippen molar-refractivity contribution in [1.82, 2.24) is 4.57 Å². The molecular formula is C20H30N2O2. The zero-order valence-corrected chi connectivity index (χ0v) is 14.9. The van der Waals surface area contributed by atoms with Crippen LogP contribution in [0.1, 0.15) is 62.5 Å². The van der Waals surface area contributed by atoms with E-state index in [1.807, 2.05) is 12.2 Å². The number of hydrogen-bond donors (Lipinski definition) is 3. The molecule has 4 nitrogen and oxygen atoms in total. The van der Waals surface area contributed by atoms with Gasteiger partial charge in [-0.15, -0.1) is 13.2 Å². The highest BCUT2D eigenvalue weighted by Crippen LogP contribution is 2.57. The molecule has 1 aromatic rings. The molecule has 0 aliphatic heterocycles. The third-order valence-corrected chi connectivity index (χ3v) is 4.91. The lowest BCUT2D eigenvalue weighted by molar-refractivity contribution is 0.365. The summed E-state index contributed by atoms with van der Waals surface area (Å²) in [6.07, 6.45) is 7.92. The first-order chi connectivity index (χ1) is 11.6. The van der Waals surface area contributed by atoms with Crippen LogP contribution in [0.4, 0.5) is 0 Å². The van der Waals surface area contributed by atoms with Gasteiger partial charge in [0.25, 0.3) is 0 Å². The molecule has 0 spiro atoms. The Kier molecular flexibility index (Phi) is 5.94. The molecule has 2 unspecified atom stereocenters. The second-order valence-corrected chi connectivity index (χ2v) is 6.40. The predicted octanol–water partition coefficient (Wildman–Crippen LogP) is 4.31. The van der Waals surface area contributed by atoms with Gasteiger partial charge in [-0.1, -0.05) is 44.4 Å². The predicted molar refractivity (Wildman–Crippen MR) is 99.5 cm³/mol. The van der Waals surface area contributed by atoms with Gasteiger partial charge in [0.05, 0.1) is 0 Å². The normalized spacial score (nSPS) is 19.4. The highest BCUT2D eigenvalue weighted by Gasteiger charge is 2.41. The second-order valence-electron chi connectivity index (χ2n) is 6.40. The molecule has 2 rings (SSSR count). The van der Waals surface area contributed by atoms with E-state index >= 15 is 0 Å². The zero-order valence-electron chi connectivity index (χ0n) is 14.9. The largest absolute Gasteiger partial charge is 0.494 e. The number of nitrogens with two attached hydrogens (primary N) is 1. The molecule has 0 bridgehead atoms. The fraction of sp³-hybridized carbons (Fsp3) is 0.500. The molecule has 2 atom stereocenters. The van der Waals surface area contributed by atoms with E-state index < -0.39 is 0 Å². The van der Waals surface area contributed by atoms with Crippen LogP contribution in [0, 0.1) is 0 Å². The summed E-state index contributed by atoms with van der Waals surface area (Å²) in [4.78, 5) is 0. The first-order valence-corrected chi connectivity index (χ1v) is 8.88. The Morgan fingerprint density at radius 3 is 1.83 bits per heavy atom. The molecule has 4 heteroatoms. The molecule has 1 aliphatic carbocycles. The summed E-state index contributed by atoms with van der Waals surface area (Å²) in [6.45, 7) is 13.1. The highest BCUT2D eigenvalue weighted by molar-refractivity contribution is 5.64. The van der Waals surface area contributed by atoms with Gasteiger partial charge in [0.1, 0.15) is 0 Å². The summed E-state index contributed by atoms with van der Waals surface area (Å²) < 4.78 is 1.49. The number of nitrogens with zero attached hydrogens (tertiary/aromatic N) is 1. The molecule has 0 aromatic carbocycles. The average Bonchev–Trinajstić information content (AvgIpc) is 3.03. The highest BCUT2D eigenvalue weighted by atomic mass is 16.3. The standard InChI is InChI=1S/C20H30N2O2/c1-5-9-13(10-6-2)16-14(7-3)17-18(15(16)8-4)20(24)22(12-11-21)19(17)23/h7-8,14-15,23-24H,3-6,9-12,21H2,1-2H3. The van der Waals surface area contributed by atoms with Crippen molar-refractivity contribution in [1.29, 1.82) is 0 Å². The molecule has 0 amide bonds. The van der Waals surface area contributed by atoms with E-state index in [1.165, 1.54) is 15.7 Å². The minimum absolute atomic E-state index is 0.0824. The van der Waals surface area contributed by atoms with Crippen molar-refractivity contribution in [3.05, 3.63) is 47.6 Å². The lowest BCUT2D eigenvalue weighted by Crippen LogP contribution is -2.10. The van der Waals surface area contributed by atoms with E-state index in [0.717, 1.165) is 36.8 Å². The topological polar surface area (TPSA) is 71.4 Å². The Hall–Kier alpha value is -1.94. The van der Waals surface area contributed by atoms with Gasteiger partial charge < -0.3 is 15.9 Å². The molecular weight excluding hydrogens is 300 g/mol.